The zero-order valence-corrected chi connectivity index (χ0v) is 24.6. The van der Waals surface area contributed by atoms with Gasteiger partial charge in [0.1, 0.15) is 0 Å². The van der Waals surface area contributed by atoms with Gasteiger partial charge in [0.25, 0.3) is 0 Å². The van der Waals surface area contributed by atoms with Crippen molar-refractivity contribution in [3.63, 3.8) is 0 Å². The van der Waals surface area contributed by atoms with Crippen molar-refractivity contribution in [1.82, 2.24) is 0 Å². The maximum Gasteiger partial charge on any atom is 0.303 e. The molecule has 0 unspecified atom stereocenters. The standard InChI is InChI=1S/2C9H6N2O2.C6H10O4.C6H14O2/c1-7-2-3-8(10-5-12)4-9(7)11-6-13;1-7-8(10-5-12)3-2-4-9(7)11-6-13;7-5(8)3-1-2-4-6(9)10;7-5-3-1-2-4-6-8/h2*2-4H,1H3;1-4H2,(H,7,8)(H,9,10);7-8H,1-6H2. The first-order valence-corrected chi connectivity index (χ1v) is 13.3. The Morgan fingerprint density at radius 1 is 0.614 bits per heavy atom. The fraction of sp³-hybridized carbons (Fsp3) is 0.400. The third kappa shape index (κ3) is 22.5. The van der Waals surface area contributed by atoms with Gasteiger partial charge in [-0.1, -0.05) is 25.0 Å². The average molecular weight is 613 g/mol. The molecule has 0 fully saturated rings. The van der Waals surface area contributed by atoms with Crippen molar-refractivity contribution in [3.05, 3.63) is 47.5 Å². The lowest BCUT2D eigenvalue weighted by Crippen LogP contribution is -1.97. The van der Waals surface area contributed by atoms with E-state index in [-0.39, 0.29) is 26.1 Å². The molecule has 0 heterocycles. The van der Waals surface area contributed by atoms with Gasteiger partial charge in [-0.3, -0.25) is 9.59 Å². The van der Waals surface area contributed by atoms with E-state index < -0.39 is 11.9 Å². The highest BCUT2D eigenvalue weighted by molar-refractivity contribution is 5.68. The van der Waals surface area contributed by atoms with E-state index in [1.807, 2.05) is 0 Å². The molecule has 0 amide bonds. The molecule has 0 spiro atoms. The smallest absolute Gasteiger partial charge is 0.303 e. The third-order valence-corrected chi connectivity index (χ3v) is 5.24. The van der Waals surface area contributed by atoms with Crippen LogP contribution in [0.25, 0.3) is 0 Å². The van der Waals surface area contributed by atoms with Crippen molar-refractivity contribution in [3.8, 4) is 0 Å². The van der Waals surface area contributed by atoms with Crippen molar-refractivity contribution in [1.29, 1.82) is 0 Å². The number of isocyanates is 4. The van der Waals surface area contributed by atoms with Crippen molar-refractivity contribution in [2.24, 2.45) is 20.0 Å². The Morgan fingerprint density at radius 2 is 1.05 bits per heavy atom. The molecular weight excluding hydrogens is 576 g/mol. The summed E-state index contributed by atoms with van der Waals surface area (Å²) in [5.74, 6) is -1.74. The van der Waals surface area contributed by atoms with E-state index in [2.05, 4.69) is 20.0 Å². The van der Waals surface area contributed by atoms with Crippen LogP contribution in [0.1, 0.15) is 62.5 Å². The van der Waals surface area contributed by atoms with Crippen molar-refractivity contribution >= 4 is 59.0 Å². The minimum absolute atomic E-state index is 0.0628. The Morgan fingerprint density at radius 3 is 1.43 bits per heavy atom. The first-order chi connectivity index (χ1) is 21.1. The molecule has 0 radical (unpaired) electrons. The number of hydrogen-bond acceptors (Lipinski definition) is 12. The minimum Gasteiger partial charge on any atom is -0.481 e. The monoisotopic (exact) mass is 612 g/mol. The van der Waals surface area contributed by atoms with Crippen LogP contribution in [0.15, 0.2) is 56.4 Å². The van der Waals surface area contributed by atoms with Crippen molar-refractivity contribution in [2.45, 2.75) is 65.2 Å². The number of carbonyl (C=O) groups excluding carboxylic acids is 4. The van der Waals surface area contributed by atoms with Crippen LogP contribution < -0.4 is 0 Å². The fourth-order valence-corrected chi connectivity index (χ4v) is 2.97. The van der Waals surface area contributed by atoms with E-state index in [1.54, 1.807) is 44.2 Å². The lowest BCUT2D eigenvalue weighted by atomic mass is 10.1. The summed E-state index contributed by atoms with van der Waals surface area (Å²) >= 11 is 0. The molecule has 2 aromatic carbocycles. The third-order valence-electron chi connectivity index (χ3n) is 5.24. The number of rotatable bonds is 14. The van der Waals surface area contributed by atoms with Gasteiger partial charge in [0.2, 0.25) is 24.3 Å². The quantitative estimate of drug-likeness (QED) is 0.125. The predicted molar refractivity (Wildman–Crippen MR) is 160 cm³/mol. The van der Waals surface area contributed by atoms with Crippen LogP contribution in [-0.2, 0) is 28.8 Å². The number of aliphatic hydroxyl groups excluding tert-OH is 2. The van der Waals surface area contributed by atoms with E-state index in [4.69, 9.17) is 20.4 Å². The van der Waals surface area contributed by atoms with E-state index in [1.165, 1.54) is 30.4 Å². The SMILES string of the molecule is Cc1c(N=C=O)cccc1N=C=O.Cc1ccc(N=C=O)cc1N=C=O.O=C(O)CCCCC(=O)O.OCCCCCCO. The maximum absolute atomic E-state index is 10.00. The lowest BCUT2D eigenvalue weighted by molar-refractivity contribution is -0.139. The number of hydrogen-bond donors (Lipinski definition) is 4. The number of unbranched alkanes of at least 4 members (excludes halogenated alkanes) is 4. The molecule has 0 aromatic heterocycles. The fourth-order valence-electron chi connectivity index (χ4n) is 2.97. The van der Waals surface area contributed by atoms with Gasteiger partial charge in [0.15, 0.2) is 0 Å². The molecule has 0 aliphatic rings. The van der Waals surface area contributed by atoms with Gasteiger partial charge in [0.05, 0.1) is 22.7 Å². The lowest BCUT2D eigenvalue weighted by Gasteiger charge is -1.99. The molecular formula is C30H36N4O10. The molecule has 0 saturated heterocycles. The molecule has 2 rings (SSSR count). The molecule has 236 valence electrons. The Bertz CT molecular complexity index is 1270. The van der Waals surface area contributed by atoms with Crippen molar-refractivity contribution in [2.75, 3.05) is 13.2 Å². The van der Waals surface area contributed by atoms with Crippen LogP contribution >= 0.6 is 0 Å². The molecule has 0 atom stereocenters. The van der Waals surface area contributed by atoms with Crippen LogP contribution in [0.3, 0.4) is 0 Å². The molecule has 2 aromatic rings. The normalized spacial score (nSPS) is 8.82. The van der Waals surface area contributed by atoms with Crippen molar-refractivity contribution < 1.29 is 49.2 Å². The van der Waals surface area contributed by atoms with Gasteiger partial charge in [-0.15, -0.1) is 0 Å². The molecule has 14 nitrogen and oxygen atoms in total. The predicted octanol–water partition coefficient (Wildman–Crippen LogP) is 5.11. The molecule has 0 aliphatic carbocycles. The number of carbonyl (C=O) groups is 2. The molecule has 14 heteroatoms. The van der Waals surface area contributed by atoms with Gasteiger partial charge >= 0.3 is 11.9 Å². The number of benzene rings is 2. The Kier molecular flexibility index (Phi) is 26.0. The van der Waals surface area contributed by atoms with E-state index in [9.17, 15) is 28.8 Å². The topological polar surface area (TPSA) is 233 Å². The average Bonchev–Trinajstić information content (AvgIpc) is 2.99. The van der Waals surface area contributed by atoms with Crippen LogP contribution in [0, 0.1) is 13.8 Å². The summed E-state index contributed by atoms with van der Waals surface area (Å²) in [6.45, 7) is 4.08. The number of aliphatic imine (C=N–C) groups is 4. The van der Waals surface area contributed by atoms with Crippen LogP contribution in [0.5, 0.6) is 0 Å². The summed E-state index contributed by atoms with van der Waals surface area (Å²) in [7, 11) is 0. The summed E-state index contributed by atoms with van der Waals surface area (Å²) in [6.07, 6.45) is 10.5. The summed E-state index contributed by atoms with van der Waals surface area (Å²) in [4.78, 5) is 73.5. The summed E-state index contributed by atoms with van der Waals surface area (Å²) in [5.41, 5.74) is 3.31. The Hall–Kier alpha value is -5.18. The second-order valence-electron chi connectivity index (χ2n) is 8.56. The van der Waals surface area contributed by atoms with E-state index in [0.717, 1.165) is 31.2 Å². The highest BCUT2D eigenvalue weighted by Crippen LogP contribution is 2.27. The molecule has 44 heavy (non-hydrogen) atoms. The summed E-state index contributed by atoms with van der Waals surface area (Å²) in [5, 5.41) is 32.9. The highest BCUT2D eigenvalue weighted by atomic mass is 16.4. The van der Waals surface area contributed by atoms with Gasteiger partial charge in [-0.2, -0.15) is 20.0 Å². The molecule has 4 N–H and O–H groups in total. The minimum atomic E-state index is -0.870. The second kappa shape index (κ2) is 28.0. The summed E-state index contributed by atoms with van der Waals surface area (Å²) in [6, 6.07) is 9.81. The number of aliphatic hydroxyl groups is 2. The van der Waals surface area contributed by atoms with Gasteiger partial charge in [-0.05, 0) is 69.4 Å². The van der Waals surface area contributed by atoms with Gasteiger partial charge in [-0.25, -0.2) is 19.2 Å². The number of aryl methyl sites for hydroxylation is 1. The first kappa shape index (κ1) is 41.0. The van der Waals surface area contributed by atoms with E-state index in [0.29, 0.717) is 41.2 Å². The number of aliphatic carboxylic acids is 2. The first-order valence-electron chi connectivity index (χ1n) is 13.3. The van der Waals surface area contributed by atoms with Crippen LogP contribution in [0.4, 0.5) is 22.7 Å². The van der Waals surface area contributed by atoms with E-state index >= 15 is 0 Å². The van der Waals surface area contributed by atoms with Crippen LogP contribution in [-0.4, -0.2) is 69.9 Å². The largest absolute Gasteiger partial charge is 0.481 e. The van der Waals surface area contributed by atoms with Crippen LogP contribution in [0.2, 0.25) is 0 Å². The highest BCUT2D eigenvalue weighted by Gasteiger charge is 2.01. The number of nitrogens with zero attached hydrogens (tertiary/aromatic N) is 4. The van der Waals surface area contributed by atoms with Gasteiger partial charge < -0.3 is 20.4 Å². The Labute approximate surface area is 254 Å². The number of carboxylic acid groups (broad SMARTS) is 2. The Balaban J connectivity index is 0. The molecule has 0 aliphatic heterocycles. The molecule has 0 saturated carbocycles. The van der Waals surface area contributed by atoms with Gasteiger partial charge in [0, 0.05) is 31.6 Å². The maximum atomic E-state index is 10.00. The zero-order valence-electron chi connectivity index (χ0n) is 24.6. The molecule has 0 bridgehead atoms. The second-order valence-corrected chi connectivity index (χ2v) is 8.56. The summed E-state index contributed by atoms with van der Waals surface area (Å²) < 4.78 is 0. The zero-order chi connectivity index (χ0) is 33.6. The number of carboxylic acids is 2.